The van der Waals surface area contributed by atoms with Gasteiger partial charge in [-0.2, -0.15) is 0 Å². The van der Waals surface area contributed by atoms with Gasteiger partial charge in [0, 0.05) is 50.7 Å². The van der Waals surface area contributed by atoms with Gasteiger partial charge < -0.3 is 0 Å². The van der Waals surface area contributed by atoms with Crippen molar-refractivity contribution in [2.24, 2.45) is 5.92 Å². The minimum absolute atomic E-state index is 0.263. The average Bonchev–Trinajstić information content (AvgIpc) is 2.61. The predicted octanol–water partition coefficient (Wildman–Crippen LogP) is 2.75. The highest BCUT2D eigenvalue weighted by molar-refractivity contribution is 7.92. The molecule has 0 aliphatic carbocycles. The van der Waals surface area contributed by atoms with Crippen LogP contribution in [0.3, 0.4) is 0 Å². The van der Waals surface area contributed by atoms with Crippen LogP contribution in [0.2, 0.25) is 0 Å². The molecule has 0 N–H and O–H groups in total. The Balaban J connectivity index is 2.00. The maximum absolute atomic E-state index is 12.2. The lowest BCUT2D eigenvalue weighted by Gasteiger charge is -2.44. The second-order valence-corrected chi connectivity index (χ2v) is 10.6. The van der Waals surface area contributed by atoms with E-state index in [0.717, 1.165) is 38.3 Å². The van der Waals surface area contributed by atoms with Crippen LogP contribution >= 0.6 is 0 Å². The Labute approximate surface area is 159 Å². The summed E-state index contributed by atoms with van der Waals surface area (Å²) >= 11 is 0. The summed E-state index contributed by atoms with van der Waals surface area (Å²) in [7, 11) is -2.98. The van der Waals surface area contributed by atoms with Gasteiger partial charge in [0.1, 0.15) is 0 Å². The van der Waals surface area contributed by atoms with Crippen molar-refractivity contribution in [2.45, 2.75) is 58.9 Å². The lowest BCUT2D eigenvalue weighted by Crippen LogP contribution is -2.56. The van der Waals surface area contributed by atoms with E-state index in [4.69, 9.17) is 0 Å². The largest absolute Gasteiger partial charge is 0.297 e. The molecule has 1 saturated heterocycles. The molecule has 1 aliphatic heterocycles. The molecule has 0 amide bonds. The van der Waals surface area contributed by atoms with Crippen LogP contribution in [0, 0.1) is 12.8 Å². The fourth-order valence-electron chi connectivity index (χ4n) is 3.47. The van der Waals surface area contributed by atoms with Gasteiger partial charge in [0.05, 0.1) is 11.0 Å². The van der Waals surface area contributed by atoms with Crippen LogP contribution in [0.15, 0.2) is 18.3 Å². The highest BCUT2D eigenvalue weighted by Gasteiger charge is 2.31. The highest BCUT2D eigenvalue weighted by Crippen LogP contribution is 2.21. The monoisotopic (exact) mass is 381 g/mol. The first-order chi connectivity index (χ1) is 12.2. The standard InChI is InChI=1S/C20H35N3O2S/c1-6-17(4)20-15-22(14-19-8-7-18(5)21-13-19)9-10-23(20)11-12-26(24,25)16(2)3/h7-8,13,16-17,20H,6,9-12,14-15H2,1-5H3/t17-,20+/m0/s1. The van der Waals surface area contributed by atoms with Gasteiger partial charge in [-0.1, -0.05) is 26.3 Å². The van der Waals surface area contributed by atoms with E-state index in [2.05, 4.69) is 40.8 Å². The number of nitrogens with zero attached hydrogens (tertiary/aromatic N) is 3. The summed E-state index contributed by atoms with van der Waals surface area (Å²) in [6, 6.07) is 4.63. The number of rotatable bonds is 8. The van der Waals surface area contributed by atoms with Crippen molar-refractivity contribution in [1.29, 1.82) is 0 Å². The summed E-state index contributed by atoms with van der Waals surface area (Å²) < 4.78 is 24.4. The van der Waals surface area contributed by atoms with E-state index in [0.29, 0.717) is 18.5 Å². The molecular weight excluding hydrogens is 346 g/mol. The maximum atomic E-state index is 12.2. The van der Waals surface area contributed by atoms with Crippen LogP contribution in [0.5, 0.6) is 0 Å². The number of pyridine rings is 1. The van der Waals surface area contributed by atoms with E-state index in [9.17, 15) is 8.42 Å². The van der Waals surface area contributed by atoms with E-state index < -0.39 is 9.84 Å². The first-order valence-electron chi connectivity index (χ1n) is 9.82. The fourth-order valence-corrected chi connectivity index (χ4v) is 4.43. The summed E-state index contributed by atoms with van der Waals surface area (Å²) in [5, 5.41) is -0.292. The maximum Gasteiger partial charge on any atom is 0.153 e. The lowest BCUT2D eigenvalue weighted by molar-refractivity contribution is 0.0452. The van der Waals surface area contributed by atoms with Crippen molar-refractivity contribution in [2.75, 3.05) is 31.9 Å². The molecular formula is C20H35N3O2S. The number of hydrogen-bond donors (Lipinski definition) is 0. The molecule has 0 bridgehead atoms. The summed E-state index contributed by atoms with van der Waals surface area (Å²) in [5.41, 5.74) is 2.29. The van der Waals surface area contributed by atoms with Crippen LogP contribution in [0.4, 0.5) is 0 Å². The zero-order chi connectivity index (χ0) is 19.3. The normalized spacial score (nSPS) is 21.2. The summed E-state index contributed by atoms with van der Waals surface area (Å²) in [6.07, 6.45) is 3.08. The first kappa shape index (κ1) is 21.3. The van der Waals surface area contributed by atoms with Crippen LogP contribution in [0.1, 0.15) is 45.4 Å². The average molecular weight is 382 g/mol. The Bertz CT molecular complexity index is 658. The second-order valence-electron chi connectivity index (χ2n) is 7.95. The zero-order valence-corrected chi connectivity index (χ0v) is 17.8. The molecule has 5 nitrogen and oxygen atoms in total. The first-order valence-corrected chi connectivity index (χ1v) is 11.5. The number of hydrogen-bond acceptors (Lipinski definition) is 5. The Hall–Kier alpha value is -0.980. The third-order valence-corrected chi connectivity index (χ3v) is 7.87. The SMILES string of the molecule is CC[C@H](C)[C@H]1CN(Cc2ccc(C)nc2)CCN1CCS(=O)(=O)C(C)C. The smallest absolute Gasteiger partial charge is 0.153 e. The van der Waals surface area contributed by atoms with Crippen LogP contribution in [0.25, 0.3) is 0 Å². The molecule has 0 aromatic carbocycles. The van der Waals surface area contributed by atoms with Crippen molar-refractivity contribution < 1.29 is 8.42 Å². The minimum Gasteiger partial charge on any atom is -0.297 e. The summed E-state index contributed by atoms with van der Waals surface area (Å²) in [6.45, 7) is 14.5. The molecule has 0 spiro atoms. The van der Waals surface area contributed by atoms with E-state index >= 15 is 0 Å². The number of piperazine rings is 1. The molecule has 0 radical (unpaired) electrons. The van der Waals surface area contributed by atoms with E-state index in [1.165, 1.54) is 5.56 Å². The topological polar surface area (TPSA) is 53.5 Å². The Kier molecular flexibility index (Phi) is 7.62. The third-order valence-electron chi connectivity index (χ3n) is 5.68. The van der Waals surface area contributed by atoms with Gasteiger partial charge in [-0.25, -0.2) is 8.42 Å². The Morgan fingerprint density at radius 2 is 1.96 bits per heavy atom. The molecule has 6 heteroatoms. The zero-order valence-electron chi connectivity index (χ0n) is 17.0. The molecule has 148 valence electrons. The van der Waals surface area contributed by atoms with Crippen LogP contribution in [-0.2, 0) is 16.4 Å². The fraction of sp³-hybridized carbons (Fsp3) is 0.750. The van der Waals surface area contributed by atoms with Crippen LogP contribution < -0.4 is 0 Å². The molecule has 1 fully saturated rings. The van der Waals surface area contributed by atoms with E-state index in [1.807, 2.05) is 13.1 Å². The lowest BCUT2D eigenvalue weighted by atomic mass is 9.95. The van der Waals surface area contributed by atoms with Crippen molar-refractivity contribution in [3.63, 3.8) is 0 Å². The van der Waals surface area contributed by atoms with E-state index in [-0.39, 0.29) is 11.0 Å². The summed E-state index contributed by atoms with van der Waals surface area (Å²) in [5.74, 6) is 0.815. The number of aromatic nitrogens is 1. The molecule has 2 heterocycles. The number of sulfone groups is 1. The molecule has 1 aromatic heterocycles. The molecule has 1 aliphatic rings. The van der Waals surface area contributed by atoms with Gasteiger partial charge in [-0.3, -0.25) is 14.8 Å². The van der Waals surface area contributed by atoms with Gasteiger partial charge in [0.2, 0.25) is 0 Å². The van der Waals surface area contributed by atoms with Crippen LogP contribution in [-0.4, -0.2) is 66.4 Å². The Morgan fingerprint density at radius 1 is 1.23 bits per heavy atom. The van der Waals surface area contributed by atoms with Crippen molar-refractivity contribution in [3.05, 3.63) is 29.6 Å². The Morgan fingerprint density at radius 3 is 2.54 bits per heavy atom. The third kappa shape index (κ3) is 5.76. The molecule has 0 unspecified atom stereocenters. The van der Waals surface area contributed by atoms with Crippen molar-refractivity contribution in [3.8, 4) is 0 Å². The van der Waals surface area contributed by atoms with Gasteiger partial charge >= 0.3 is 0 Å². The van der Waals surface area contributed by atoms with Gasteiger partial charge in [-0.05, 0) is 38.3 Å². The van der Waals surface area contributed by atoms with E-state index in [1.54, 1.807) is 13.8 Å². The highest BCUT2D eigenvalue weighted by atomic mass is 32.2. The molecule has 0 saturated carbocycles. The summed E-state index contributed by atoms with van der Waals surface area (Å²) in [4.78, 5) is 9.28. The number of aryl methyl sites for hydroxylation is 1. The molecule has 2 rings (SSSR count). The van der Waals surface area contributed by atoms with Crippen molar-refractivity contribution >= 4 is 9.84 Å². The quantitative estimate of drug-likeness (QED) is 0.693. The molecule has 2 atom stereocenters. The van der Waals surface area contributed by atoms with Gasteiger partial charge in [-0.15, -0.1) is 0 Å². The van der Waals surface area contributed by atoms with Crippen molar-refractivity contribution in [1.82, 2.24) is 14.8 Å². The van der Waals surface area contributed by atoms with Gasteiger partial charge in [0.25, 0.3) is 0 Å². The second kappa shape index (κ2) is 9.29. The predicted molar refractivity (Wildman–Crippen MR) is 108 cm³/mol. The molecule has 1 aromatic rings. The molecule has 26 heavy (non-hydrogen) atoms. The van der Waals surface area contributed by atoms with Gasteiger partial charge in [0.15, 0.2) is 9.84 Å². The minimum atomic E-state index is -2.98.